The maximum absolute atomic E-state index is 12.5. The van der Waals surface area contributed by atoms with Gasteiger partial charge in [0, 0.05) is 11.1 Å². The molecule has 0 radical (unpaired) electrons. The Balaban J connectivity index is 1.95. The van der Waals surface area contributed by atoms with Crippen molar-refractivity contribution in [1.82, 2.24) is 0 Å². The maximum atomic E-state index is 12.5. The molecule has 0 amide bonds. The molecule has 0 saturated carbocycles. The number of rotatable bonds is 3. The van der Waals surface area contributed by atoms with Crippen LogP contribution in [0, 0.1) is 6.92 Å². The topological polar surface area (TPSA) is 83.8 Å². The van der Waals surface area contributed by atoms with Crippen LogP contribution in [0.4, 0.5) is 4.79 Å². The Bertz CT molecular complexity index is 833. The fourth-order valence-corrected chi connectivity index (χ4v) is 2.38. The summed E-state index contributed by atoms with van der Waals surface area (Å²) >= 11 is 0. The van der Waals surface area contributed by atoms with Crippen molar-refractivity contribution < 1.29 is 24.5 Å². The second kappa shape index (κ2) is 5.04. The first kappa shape index (κ1) is 13.9. The standard InChI is InChI=1S/C17H12O5/c1-9-3-2-4-10(5-9)16(19)13-6-11-7-15(22-17(20)21)12(11)8-14(13)18/h2-8,18H,1H3,(H,20,21). The van der Waals surface area contributed by atoms with Gasteiger partial charge in [-0.1, -0.05) is 23.8 Å². The number of carboxylic acid groups (broad SMARTS) is 1. The number of carbonyl (C=O) groups excluding carboxylic acids is 1. The minimum Gasteiger partial charge on any atom is -0.507 e. The van der Waals surface area contributed by atoms with E-state index < -0.39 is 6.16 Å². The SMILES string of the molecule is Cc1cccc(C(=O)c2cc3c(cc2O)C(OC(=O)O)=C3)c1. The van der Waals surface area contributed by atoms with E-state index in [0.717, 1.165) is 5.56 Å². The molecule has 22 heavy (non-hydrogen) atoms. The molecule has 1 aliphatic carbocycles. The van der Waals surface area contributed by atoms with Crippen molar-refractivity contribution >= 4 is 23.8 Å². The molecular weight excluding hydrogens is 284 g/mol. The third kappa shape index (κ3) is 2.33. The Morgan fingerprint density at radius 2 is 1.91 bits per heavy atom. The van der Waals surface area contributed by atoms with Crippen LogP contribution in [0.15, 0.2) is 36.4 Å². The number of aromatic hydroxyl groups is 1. The molecule has 0 fully saturated rings. The maximum Gasteiger partial charge on any atom is 0.511 e. The molecule has 0 heterocycles. The van der Waals surface area contributed by atoms with Crippen LogP contribution in [-0.4, -0.2) is 22.2 Å². The number of phenolic OH excluding ortho intramolecular Hbond substituents is 1. The smallest absolute Gasteiger partial charge is 0.507 e. The lowest BCUT2D eigenvalue weighted by Crippen LogP contribution is -2.10. The Kier molecular flexibility index (Phi) is 3.18. The fourth-order valence-electron chi connectivity index (χ4n) is 2.38. The highest BCUT2D eigenvalue weighted by molar-refractivity contribution is 6.12. The van der Waals surface area contributed by atoms with E-state index >= 15 is 0 Å². The molecule has 0 bridgehead atoms. The number of ketones is 1. The number of carbonyl (C=O) groups is 2. The zero-order chi connectivity index (χ0) is 15.9. The average Bonchev–Trinajstić information content (AvgIpc) is 2.46. The molecule has 1 aliphatic rings. The molecule has 2 aromatic rings. The Hall–Kier alpha value is -3.08. The predicted octanol–water partition coefficient (Wildman–Crippen LogP) is 3.44. The minimum absolute atomic E-state index is 0.160. The first-order valence-corrected chi connectivity index (χ1v) is 6.57. The number of hydrogen-bond donors (Lipinski definition) is 2. The number of aryl methyl sites for hydroxylation is 1. The highest BCUT2D eigenvalue weighted by atomic mass is 16.7. The molecule has 5 heteroatoms. The number of benzene rings is 2. The van der Waals surface area contributed by atoms with Gasteiger partial charge in [0.05, 0.1) is 5.56 Å². The average molecular weight is 296 g/mol. The van der Waals surface area contributed by atoms with Crippen molar-refractivity contribution in [3.05, 3.63) is 64.2 Å². The van der Waals surface area contributed by atoms with Gasteiger partial charge in [-0.3, -0.25) is 4.79 Å². The van der Waals surface area contributed by atoms with Crippen molar-refractivity contribution in [2.75, 3.05) is 0 Å². The van der Waals surface area contributed by atoms with Gasteiger partial charge in [-0.25, -0.2) is 4.79 Å². The van der Waals surface area contributed by atoms with Gasteiger partial charge in [0.1, 0.15) is 11.5 Å². The second-order valence-electron chi connectivity index (χ2n) is 5.03. The summed E-state index contributed by atoms with van der Waals surface area (Å²) in [6, 6.07) is 9.96. The summed E-state index contributed by atoms with van der Waals surface area (Å²) in [5.74, 6) is -0.331. The zero-order valence-electron chi connectivity index (χ0n) is 11.7. The summed E-state index contributed by atoms with van der Waals surface area (Å²) in [4.78, 5) is 23.0. The first-order valence-electron chi connectivity index (χ1n) is 6.57. The van der Waals surface area contributed by atoms with Crippen molar-refractivity contribution in [3.63, 3.8) is 0 Å². The summed E-state index contributed by atoms with van der Waals surface area (Å²) in [5, 5.41) is 18.6. The van der Waals surface area contributed by atoms with Crippen LogP contribution in [0.2, 0.25) is 0 Å². The lowest BCUT2D eigenvalue weighted by Gasteiger charge is -2.19. The lowest BCUT2D eigenvalue weighted by atomic mass is 9.90. The van der Waals surface area contributed by atoms with E-state index in [4.69, 9.17) is 5.11 Å². The third-order valence-electron chi connectivity index (χ3n) is 3.44. The van der Waals surface area contributed by atoms with Crippen molar-refractivity contribution in [1.29, 1.82) is 0 Å². The van der Waals surface area contributed by atoms with Gasteiger partial charge in [-0.15, -0.1) is 0 Å². The third-order valence-corrected chi connectivity index (χ3v) is 3.44. The number of ether oxygens (including phenoxy) is 1. The largest absolute Gasteiger partial charge is 0.511 e. The summed E-state index contributed by atoms with van der Waals surface area (Å²) < 4.78 is 4.55. The van der Waals surface area contributed by atoms with Crippen LogP contribution < -0.4 is 0 Å². The highest BCUT2D eigenvalue weighted by Gasteiger charge is 2.25. The quantitative estimate of drug-likeness (QED) is 0.669. The second-order valence-corrected chi connectivity index (χ2v) is 5.03. The Morgan fingerprint density at radius 1 is 1.14 bits per heavy atom. The van der Waals surface area contributed by atoms with E-state index in [1.807, 2.05) is 13.0 Å². The minimum atomic E-state index is -1.42. The molecule has 2 N–H and O–H groups in total. The molecule has 0 saturated heterocycles. The molecule has 0 aliphatic heterocycles. The summed E-state index contributed by atoms with van der Waals surface area (Å²) in [5.41, 5.74) is 2.74. The van der Waals surface area contributed by atoms with Gasteiger partial charge in [0.2, 0.25) is 0 Å². The molecule has 5 nitrogen and oxygen atoms in total. The van der Waals surface area contributed by atoms with E-state index in [0.29, 0.717) is 16.7 Å². The van der Waals surface area contributed by atoms with Crippen molar-refractivity contribution in [3.8, 4) is 5.75 Å². The van der Waals surface area contributed by atoms with Gasteiger partial charge in [0.25, 0.3) is 0 Å². The number of phenols is 1. The number of hydrogen-bond acceptors (Lipinski definition) is 4. The molecule has 0 aromatic heterocycles. The Labute approximate surface area is 126 Å². The first-order chi connectivity index (χ1) is 10.5. The van der Waals surface area contributed by atoms with Gasteiger partial charge < -0.3 is 14.9 Å². The van der Waals surface area contributed by atoms with Crippen LogP contribution in [-0.2, 0) is 4.74 Å². The van der Waals surface area contributed by atoms with Crippen LogP contribution in [0.25, 0.3) is 11.8 Å². The summed E-state index contributed by atoms with van der Waals surface area (Å²) in [6.07, 6.45) is 0.0897. The van der Waals surface area contributed by atoms with Crippen molar-refractivity contribution in [2.24, 2.45) is 0 Å². The normalized spacial score (nSPS) is 12.0. The van der Waals surface area contributed by atoms with Crippen LogP contribution >= 0.6 is 0 Å². The van der Waals surface area contributed by atoms with E-state index in [2.05, 4.69) is 4.74 Å². The monoisotopic (exact) mass is 296 g/mol. The molecule has 0 spiro atoms. The summed E-state index contributed by atoms with van der Waals surface area (Å²) in [6.45, 7) is 1.88. The predicted molar refractivity (Wildman–Crippen MR) is 79.7 cm³/mol. The van der Waals surface area contributed by atoms with Gasteiger partial charge >= 0.3 is 6.16 Å². The van der Waals surface area contributed by atoms with E-state index in [-0.39, 0.29) is 22.9 Å². The molecule has 3 rings (SSSR count). The molecular formula is C17H12O5. The van der Waals surface area contributed by atoms with E-state index in [1.165, 1.54) is 18.2 Å². The lowest BCUT2D eigenvalue weighted by molar-refractivity contribution is 0.103. The highest BCUT2D eigenvalue weighted by Crippen LogP contribution is 2.38. The molecule has 2 aromatic carbocycles. The van der Waals surface area contributed by atoms with Crippen LogP contribution in [0.5, 0.6) is 5.75 Å². The van der Waals surface area contributed by atoms with Gasteiger partial charge in [0.15, 0.2) is 5.78 Å². The Morgan fingerprint density at radius 3 is 2.59 bits per heavy atom. The van der Waals surface area contributed by atoms with E-state index in [9.17, 15) is 14.7 Å². The summed E-state index contributed by atoms with van der Waals surface area (Å²) in [7, 11) is 0. The zero-order valence-corrected chi connectivity index (χ0v) is 11.7. The van der Waals surface area contributed by atoms with E-state index in [1.54, 1.807) is 18.2 Å². The van der Waals surface area contributed by atoms with Crippen LogP contribution in [0.1, 0.15) is 32.6 Å². The van der Waals surface area contributed by atoms with Crippen molar-refractivity contribution in [2.45, 2.75) is 6.92 Å². The fraction of sp³-hybridized carbons (Fsp3) is 0.0588. The number of fused-ring (bicyclic) bond motifs is 1. The van der Waals surface area contributed by atoms with Gasteiger partial charge in [-0.05, 0) is 36.8 Å². The molecule has 0 unspecified atom stereocenters. The van der Waals surface area contributed by atoms with Crippen LogP contribution in [0.3, 0.4) is 0 Å². The van der Waals surface area contributed by atoms with Gasteiger partial charge in [-0.2, -0.15) is 0 Å². The molecule has 110 valence electrons. The molecule has 0 atom stereocenters.